The third kappa shape index (κ3) is 6.82. The maximum Gasteiger partial charge on any atom is 0.406 e. The highest BCUT2D eigenvalue weighted by atomic mass is 16.5. The summed E-state index contributed by atoms with van der Waals surface area (Å²) in [6, 6.07) is 7.82. The third-order valence-corrected chi connectivity index (χ3v) is 5.87. The maximum absolute atomic E-state index is 13.4. The molecule has 2 amide bonds. The van der Waals surface area contributed by atoms with Crippen LogP contribution in [0.3, 0.4) is 0 Å². The largest absolute Gasteiger partial charge is 0.449 e. The topological polar surface area (TPSA) is 109 Å². The average Bonchev–Trinajstić information content (AvgIpc) is 2.97. The van der Waals surface area contributed by atoms with E-state index in [9.17, 15) is 9.59 Å². The number of carbonyl (C=O) groups excluding carboxylic acids is 2. The summed E-state index contributed by atoms with van der Waals surface area (Å²) in [6.45, 7) is 8.68. The van der Waals surface area contributed by atoms with E-state index in [1.165, 1.54) is 7.05 Å². The van der Waals surface area contributed by atoms with E-state index in [4.69, 9.17) is 9.47 Å². The number of alkyl carbamates (subject to hydrolysis) is 1. The molecule has 2 aromatic rings. The fourth-order valence-corrected chi connectivity index (χ4v) is 3.87. The van der Waals surface area contributed by atoms with Gasteiger partial charge in [0.05, 0.1) is 19.3 Å². The van der Waals surface area contributed by atoms with Crippen LogP contribution in [0.4, 0.5) is 22.2 Å². The van der Waals surface area contributed by atoms with E-state index in [2.05, 4.69) is 34.4 Å². The number of aromatic nitrogens is 2. The average molecular weight is 485 g/mol. The number of anilines is 3. The number of nitrogens with one attached hydrogen (secondary N) is 2. The highest BCUT2D eigenvalue weighted by Gasteiger charge is 2.28. The van der Waals surface area contributed by atoms with Crippen LogP contribution in [0, 0.1) is 5.92 Å². The van der Waals surface area contributed by atoms with Crippen molar-refractivity contribution in [3.63, 3.8) is 0 Å². The number of amides is 2. The van der Waals surface area contributed by atoms with Gasteiger partial charge in [0.25, 0.3) is 5.91 Å². The van der Waals surface area contributed by atoms with Crippen molar-refractivity contribution in [3.05, 3.63) is 41.6 Å². The van der Waals surface area contributed by atoms with Gasteiger partial charge >= 0.3 is 6.09 Å². The quantitative estimate of drug-likeness (QED) is 0.529. The molecular formula is C25H36N6O4. The molecule has 2 N–H and O–H groups in total. The summed E-state index contributed by atoms with van der Waals surface area (Å²) in [7, 11) is 3.47. The SMILES string of the molecule is CCNc1ncc2c(n1)N(C)CCN(c1cccc(COC(CCOC(=O)NC)C(C)C)c1)C2=O. The van der Waals surface area contributed by atoms with E-state index in [-0.39, 0.29) is 24.5 Å². The molecule has 35 heavy (non-hydrogen) atoms. The molecule has 0 bridgehead atoms. The van der Waals surface area contributed by atoms with Gasteiger partial charge in [-0.25, -0.2) is 9.78 Å². The number of benzene rings is 1. The lowest BCUT2D eigenvalue weighted by molar-refractivity contribution is -0.00595. The van der Waals surface area contributed by atoms with Gasteiger partial charge in [-0.15, -0.1) is 0 Å². The summed E-state index contributed by atoms with van der Waals surface area (Å²) in [6.07, 6.45) is 1.69. The molecule has 1 atom stereocenters. The molecule has 10 heteroatoms. The lowest BCUT2D eigenvalue weighted by atomic mass is 10.0. The van der Waals surface area contributed by atoms with Crippen molar-refractivity contribution in [1.29, 1.82) is 0 Å². The monoisotopic (exact) mass is 484 g/mol. The first-order valence-corrected chi connectivity index (χ1v) is 12.0. The van der Waals surface area contributed by atoms with Crippen molar-refractivity contribution in [2.75, 3.05) is 55.5 Å². The summed E-state index contributed by atoms with van der Waals surface area (Å²) in [5, 5.41) is 5.54. The Morgan fingerprint density at radius 3 is 2.77 bits per heavy atom. The second-order valence-electron chi connectivity index (χ2n) is 8.78. The van der Waals surface area contributed by atoms with Crippen molar-refractivity contribution in [2.45, 2.75) is 39.9 Å². The Kier molecular flexibility index (Phi) is 9.25. The van der Waals surface area contributed by atoms with Gasteiger partial charge in [-0.05, 0) is 30.5 Å². The zero-order valence-corrected chi connectivity index (χ0v) is 21.2. The van der Waals surface area contributed by atoms with Crippen LogP contribution in [0.1, 0.15) is 43.1 Å². The number of fused-ring (bicyclic) bond motifs is 1. The van der Waals surface area contributed by atoms with Crippen molar-refractivity contribution >= 4 is 29.5 Å². The second-order valence-corrected chi connectivity index (χ2v) is 8.78. The van der Waals surface area contributed by atoms with Crippen LogP contribution in [0.15, 0.2) is 30.5 Å². The predicted molar refractivity (Wildman–Crippen MR) is 136 cm³/mol. The van der Waals surface area contributed by atoms with Crippen molar-refractivity contribution in [3.8, 4) is 0 Å². The molecule has 0 fully saturated rings. The standard InChI is InChI=1S/C25H36N6O4/c1-6-27-24-28-15-20-22(29-24)30(5)11-12-31(23(20)32)19-9-7-8-18(14-19)16-35-21(17(2)3)10-13-34-25(33)26-4/h7-9,14-15,17,21H,6,10-13,16H2,1-5H3,(H,26,33)(H,27,28,29). The molecule has 10 nitrogen and oxygen atoms in total. The fraction of sp³-hybridized carbons (Fsp3) is 0.520. The highest BCUT2D eigenvalue weighted by molar-refractivity contribution is 6.09. The Morgan fingerprint density at radius 2 is 2.06 bits per heavy atom. The predicted octanol–water partition coefficient (Wildman–Crippen LogP) is 3.29. The number of likely N-dealkylation sites (N-methyl/N-ethyl adjacent to an activating group) is 1. The number of carbonyl (C=O) groups is 2. The first-order chi connectivity index (χ1) is 16.8. The zero-order chi connectivity index (χ0) is 25.4. The smallest absolute Gasteiger partial charge is 0.406 e. The molecule has 0 aliphatic carbocycles. The highest BCUT2D eigenvalue weighted by Crippen LogP contribution is 2.27. The molecule has 0 saturated carbocycles. The Labute approximate surface area is 207 Å². The van der Waals surface area contributed by atoms with Gasteiger partial charge in [-0.2, -0.15) is 4.98 Å². The zero-order valence-electron chi connectivity index (χ0n) is 21.2. The minimum Gasteiger partial charge on any atom is -0.449 e. The Balaban J connectivity index is 1.71. The lowest BCUT2D eigenvalue weighted by Crippen LogP contribution is -2.33. The molecule has 0 radical (unpaired) electrons. The summed E-state index contributed by atoms with van der Waals surface area (Å²) < 4.78 is 11.3. The number of rotatable bonds is 10. The Hall–Kier alpha value is -3.40. The summed E-state index contributed by atoms with van der Waals surface area (Å²) >= 11 is 0. The van der Waals surface area contributed by atoms with E-state index in [1.54, 1.807) is 11.1 Å². The maximum atomic E-state index is 13.4. The molecule has 1 aromatic carbocycles. The van der Waals surface area contributed by atoms with E-state index >= 15 is 0 Å². The molecule has 1 unspecified atom stereocenters. The normalized spacial score (nSPS) is 14.4. The number of nitrogens with zero attached hydrogens (tertiary/aromatic N) is 4. The second kappa shape index (κ2) is 12.3. The van der Waals surface area contributed by atoms with Gasteiger partial charge in [-0.1, -0.05) is 26.0 Å². The molecular weight excluding hydrogens is 448 g/mol. The number of ether oxygens (including phenoxy) is 2. The van der Waals surface area contributed by atoms with Crippen molar-refractivity contribution < 1.29 is 19.1 Å². The molecule has 190 valence electrons. The minimum atomic E-state index is -0.446. The number of hydrogen-bond acceptors (Lipinski definition) is 8. The van der Waals surface area contributed by atoms with Crippen LogP contribution < -0.4 is 20.4 Å². The molecule has 1 aromatic heterocycles. The van der Waals surface area contributed by atoms with Gasteiger partial charge in [0.2, 0.25) is 5.95 Å². The van der Waals surface area contributed by atoms with Gasteiger partial charge in [0.1, 0.15) is 11.4 Å². The lowest BCUT2D eigenvalue weighted by Gasteiger charge is -2.23. The van der Waals surface area contributed by atoms with Crippen LogP contribution in [0.2, 0.25) is 0 Å². The van der Waals surface area contributed by atoms with E-state index in [0.717, 1.165) is 11.3 Å². The first-order valence-electron chi connectivity index (χ1n) is 12.0. The van der Waals surface area contributed by atoms with Crippen LogP contribution in [-0.2, 0) is 16.1 Å². The molecule has 0 saturated heterocycles. The van der Waals surface area contributed by atoms with Crippen LogP contribution in [-0.4, -0.2) is 68.4 Å². The van der Waals surface area contributed by atoms with Gasteiger partial charge < -0.3 is 29.9 Å². The van der Waals surface area contributed by atoms with Crippen molar-refractivity contribution in [1.82, 2.24) is 15.3 Å². The van der Waals surface area contributed by atoms with Crippen LogP contribution >= 0.6 is 0 Å². The fourth-order valence-electron chi connectivity index (χ4n) is 3.87. The first kappa shape index (κ1) is 26.2. The van der Waals surface area contributed by atoms with E-state index in [0.29, 0.717) is 50.0 Å². The van der Waals surface area contributed by atoms with Crippen LogP contribution in [0.25, 0.3) is 0 Å². The van der Waals surface area contributed by atoms with Gasteiger partial charge in [0, 0.05) is 52.0 Å². The van der Waals surface area contributed by atoms with Crippen LogP contribution in [0.5, 0.6) is 0 Å². The van der Waals surface area contributed by atoms with Crippen molar-refractivity contribution in [2.24, 2.45) is 5.92 Å². The Bertz CT molecular complexity index is 1020. The van der Waals surface area contributed by atoms with E-state index < -0.39 is 6.09 Å². The molecule has 1 aliphatic heterocycles. The molecule has 3 rings (SSSR count). The van der Waals surface area contributed by atoms with Gasteiger partial charge in [-0.3, -0.25) is 4.79 Å². The molecule has 1 aliphatic rings. The van der Waals surface area contributed by atoms with Gasteiger partial charge in [0.15, 0.2) is 0 Å². The molecule has 0 spiro atoms. The summed E-state index contributed by atoms with van der Waals surface area (Å²) in [5.74, 6) is 1.27. The third-order valence-electron chi connectivity index (χ3n) is 5.87. The summed E-state index contributed by atoms with van der Waals surface area (Å²) in [4.78, 5) is 37.3. The minimum absolute atomic E-state index is 0.0632. The Morgan fingerprint density at radius 1 is 1.26 bits per heavy atom. The molecule has 2 heterocycles. The summed E-state index contributed by atoms with van der Waals surface area (Å²) in [5.41, 5.74) is 2.24. The van der Waals surface area contributed by atoms with E-state index in [1.807, 2.05) is 43.1 Å². The number of hydrogen-bond donors (Lipinski definition) is 2.